The van der Waals surface area contributed by atoms with Gasteiger partial charge in [-0.2, -0.15) is 0 Å². The fraction of sp³-hybridized carbons (Fsp3) is 0.583. The predicted octanol–water partition coefficient (Wildman–Crippen LogP) is 3.08. The molecule has 3 nitrogen and oxygen atoms in total. The molecule has 102 valence electrons. The molecule has 0 saturated heterocycles. The van der Waals surface area contributed by atoms with Crippen LogP contribution in [0.5, 0.6) is 0 Å². The van der Waals surface area contributed by atoms with Gasteiger partial charge in [0, 0.05) is 11.6 Å². The van der Waals surface area contributed by atoms with Gasteiger partial charge in [-0.1, -0.05) is 6.07 Å². The Morgan fingerprint density at radius 1 is 1.56 bits per heavy atom. The minimum Gasteiger partial charge on any atom is -0.251 e. The molecule has 0 bridgehead atoms. The molecule has 0 aliphatic carbocycles. The number of hydrogen-bond donors (Lipinski definition) is 1. The third-order valence-corrected chi connectivity index (χ3v) is 4.62. The van der Waals surface area contributed by atoms with Crippen molar-refractivity contribution in [3.8, 4) is 0 Å². The summed E-state index contributed by atoms with van der Waals surface area (Å²) >= 11 is 3.27. The number of pyridine rings is 1. The van der Waals surface area contributed by atoms with Crippen LogP contribution in [0.1, 0.15) is 38.8 Å². The molecule has 0 aliphatic rings. The van der Waals surface area contributed by atoms with Gasteiger partial charge in [-0.3, -0.25) is 5.14 Å². The summed E-state index contributed by atoms with van der Waals surface area (Å²) in [6.07, 6.45) is -0.688. The normalized spacial score (nSPS) is 17.2. The van der Waals surface area contributed by atoms with Crippen LogP contribution in [-0.2, 0) is 11.0 Å². The molecular weight excluding hydrogens is 319 g/mol. The van der Waals surface area contributed by atoms with Crippen LogP contribution in [0.4, 0.5) is 4.39 Å². The highest BCUT2D eigenvalue weighted by Gasteiger charge is 2.32. The Balaban J connectivity index is 3.01. The monoisotopic (exact) mass is 336 g/mol. The molecule has 0 aromatic carbocycles. The third kappa shape index (κ3) is 4.10. The van der Waals surface area contributed by atoms with Gasteiger partial charge in [0.05, 0.1) is 15.7 Å². The lowest BCUT2D eigenvalue weighted by atomic mass is 9.90. The summed E-state index contributed by atoms with van der Waals surface area (Å²) in [7, 11) is -1.50. The first-order valence-electron chi connectivity index (χ1n) is 5.67. The highest BCUT2D eigenvalue weighted by Crippen LogP contribution is 2.32. The molecule has 0 spiro atoms. The molecule has 2 N–H and O–H groups in total. The second-order valence-corrected chi connectivity index (χ2v) is 7.44. The first-order valence-corrected chi connectivity index (χ1v) is 7.67. The van der Waals surface area contributed by atoms with Crippen LogP contribution in [0, 0.1) is 0 Å². The minimum absolute atomic E-state index is 0.386. The van der Waals surface area contributed by atoms with Crippen LogP contribution in [-0.4, -0.2) is 20.1 Å². The van der Waals surface area contributed by atoms with Crippen LogP contribution < -0.4 is 5.14 Å². The Morgan fingerprint density at radius 2 is 2.17 bits per heavy atom. The average molecular weight is 337 g/mol. The van der Waals surface area contributed by atoms with Gasteiger partial charge in [-0.15, -0.1) is 0 Å². The standard InChI is InChI=1S/C12H18BrFN2OS/c1-8(14)9(7-12(2,3)18(15)17)10-5-4-6-11(13)16-10/h4-6,8-9H,7,15H2,1-3H3/t8?,9-,18?/m0/s1. The SMILES string of the molecule is CC(F)[C@H](CC(C)(C)S(N)=O)c1cccc(Br)n1. The minimum atomic E-state index is -1.50. The molecule has 0 aliphatic heterocycles. The van der Waals surface area contributed by atoms with Crippen LogP contribution in [0.2, 0.25) is 0 Å². The van der Waals surface area contributed by atoms with Gasteiger partial charge in [0.25, 0.3) is 0 Å². The van der Waals surface area contributed by atoms with Crippen molar-refractivity contribution in [2.45, 2.75) is 44.0 Å². The van der Waals surface area contributed by atoms with E-state index >= 15 is 0 Å². The fourth-order valence-electron chi connectivity index (χ4n) is 1.74. The van der Waals surface area contributed by atoms with Crippen LogP contribution >= 0.6 is 15.9 Å². The topological polar surface area (TPSA) is 56.0 Å². The van der Waals surface area contributed by atoms with Gasteiger partial charge in [0.1, 0.15) is 10.8 Å². The number of aromatic nitrogens is 1. The second-order valence-electron chi connectivity index (χ2n) is 4.93. The van der Waals surface area contributed by atoms with E-state index in [1.165, 1.54) is 6.92 Å². The first kappa shape index (κ1) is 15.7. The van der Waals surface area contributed by atoms with Crippen molar-refractivity contribution < 1.29 is 8.60 Å². The highest BCUT2D eigenvalue weighted by atomic mass is 79.9. The third-order valence-electron chi connectivity index (χ3n) is 2.93. The average Bonchev–Trinajstić information content (AvgIpc) is 2.25. The summed E-state index contributed by atoms with van der Waals surface area (Å²) in [5.74, 6) is -0.412. The van der Waals surface area contributed by atoms with Crippen LogP contribution in [0.3, 0.4) is 0 Å². The lowest BCUT2D eigenvalue weighted by Gasteiger charge is -2.28. The van der Waals surface area contributed by atoms with Crippen molar-refractivity contribution in [3.05, 3.63) is 28.5 Å². The Labute approximate surface area is 118 Å². The maximum absolute atomic E-state index is 13.8. The Bertz CT molecular complexity index is 440. The van der Waals surface area contributed by atoms with E-state index in [1.54, 1.807) is 26.0 Å². The van der Waals surface area contributed by atoms with Gasteiger partial charge < -0.3 is 0 Å². The van der Waals surface area contributed by atoms with Crippen molar-refractivity contribution in [3.63, 3.8) is 0 Å². The van der Waals surface area contributed by atoms with E-state index in [4.69, 9.17) is 5.14 Å². The zero-order chi connectivity index (χ0) is 13.9. The maximum atomic E-state index is 13.8. The smallest absolute Gasteiger partial charge is 0.106 e. The number of nitrogens with two attached hydrogens (primary N) is 1. The zero-order valence-corrected chi connectivity index (χ0v) is 13.1. The lowest BCUT2D eigenvalue weighted by molar-refractivity contribution is 0.279. The molecule has 0 fully saturated rings. The number of alkyl halides is 1. The molecule has 1 heterocycles. The van der Waals surface area contributed by atoms with Crippen LogP contribution in [0.15, 0.2) is 22.8 Å². The maximum Gasteiger partial charge on any atom is 0.106 e. The van der Waals surface area contributed by atoms with Crippen molar-refractivity contribution in [1.29, 1.82) is 0 Å². The molecule has 0 radical (unpaired) electrons. The van der Waals surface area contributed by atoms with Gasteiger partial charge >= 0.3 is 0 Å². The summed E-state index contributed by atoms with van der Waals surface area (Å²) in [5, 5.41) is 5.45. The summed E-state index contributed by atoms with van der Waals surface area (Å²) in [6.45, 7) is 5.04. The van der Waals surface area contributed by atoms with Crippen molar-refractivity contribution in [2.75, 3.05) is 0 Å². The number of hydrogen-bond acceptors (Lipinski definition) is 2. The number of nitrogens with zero attached hydrogens (tertiary/aromatic N) is 1. The quantitative estimate of drug-likeness (QED) is 0.840. The number of rotatable bonds is 5. The molecule has 0 amide bonds. The predicted molar refractivity (Wildman–Crippen MR) is 76.3 cm³/mol. The molecule has 3 atom stereocenters. The van der Waals surface area contributed by atoms with Crippen LogP contribution in [0.25, 0.3) is 0 Å². The zero-order valence-electron chi connectivity index (χ0n) is 10.7. The largest absolute Gasteiger partial charge is 0.251 e. The Hall–Kier alpha value is -0.330. The second kappa shape index (κ2) is 6.21. The lowest BCUT2D eigenvalue weighted by Crippen LogP contribution is -2.35. The van der Waals surface area contributed by atoms with Gasteiger partial charge in [-0.25, -0.2) is 13.6 Å². The van der Waals surface area contributed by atoms with E-state index in [0.29, 0.717) is 16.7 Å². The molecule has 2 unspecified atom stereocenters. The van der Waals surface area contributed by atoms with Gasteiger partial charge in [0.2, 0.25) is 0 Å². The van der Waals surface area contributed by atoms with E-state index in [-0.39, 0.29) is 0 Å². The molecular formula is C12H18BrFN2OS. The summed E-state index contributed by atoms with van der Waals surface area (Å²) in [5.41, 5.74) is 0.651. The molecule has 1 rings (SSSR count). The Morgan fingerprint density at radius 3 is 2.61 bits per heavy atom. The Kier molecular flexibility index (Phi) is 5.43. The van der Waals surface area contributed by atoms with E-state index in [0.717, 1.165) is 0 Å². The van der Waals surface area contributed by atoms with Crippen molar-refractivity contribution in [1.82, 2.24) is 4.98 Å². The van der Waals surface area contributed by atoms with E-state index < -0.39 is 27.8 Å². The molecule has 0 saturated carbocycles. The first-order chi connectivity index (χ1) is 8.24. The molecule has 6 heteroatoms. The summed E-state index contributed by atoms with van der Waals surface area (Å²) < 4.78 is 25.3. The highest BCUT2D eigenvalue weighted by molar-refractivity contribution is 9.10. The van der Waals surface area contributed by atoms with Crippen molar-refractivity contribution >= 4 is 26.9 Å². The van der Waals surface area contributed by atoms with E-state index in [9.17, 15) is 8.60 Å². The number of halogens is 2. The molecule has 18 heavy (non-hydrogen) atoms. The van der Waals surface area contributed by atoms with Gasteiger partial charge in [0.15, 0.2) is 0 Å². The summed E-state index contributed by atoms with van der Waals surface area (Å²) in [4.78, 5) is 4.28. The van der Waals surface area contributed by atoms with E-state index in [1.807, 2.05) is 6.07 Å². The van der Waals surface area contributed by atoms with Crippen molar-refractivity contribution in [2.24, 2.45) is 5.14 Å². The van der Waals surface area contributed by atoms with Gasteiger partial charge in [-0.05, 0) is 55.3 Å². The summed E-state index contributed by atoms with van der Waals surface area (Å²) in [6, 6.07) is 5.38. The fourth-order valence-corrected chi connectivity index (χ4v) is 2.45. The molecule has 1 aromatic heterocycles. The molecule has 1 aromatic rings. The van der Waals surface area contributed by atoms with E-state index in [2.05, 4.69) is 20.9 Å².